The van der Waals surface area contributed by atoms with Crippen molar-refractivity contribution in [1.82, 2.24) is 9.97 Å². The average Bonchev–Trinajstić information content (AvgIpc) is 3.22. The first-order valence-corrected chi connectivity index (χ1v) is 8.19. The molecular weight excluding hydrogens is 272 g/mol. The molecule has 2 aliphatic carbocycles. The Kier molecular flexibility index (Phi) is 4.00. The van der Waals surface area contributed by atoms with Gasteiger partial charge in [0.05, 0.1) is 0 Å². The van der Waals surface area contributed by atoms with Crippen molar-refractivity contribution in [1.29, 1.82) is 0 Å². The van der Waals surface area contributed by atoms with Crippen molar-refractivity contribution < 1.29 is 4.74 Å². The van der Waals surface area contributed by atoms with Gasteiger partial charge in [0, 0.05) is 18.2 Å². The summed E-state index contributed by atoms with van der Waals surface area (Å²) >= 11 is 6.23. The minimum Gasteiger partial charge on any atom is -0.367 e. The van der Waals surface area contributed by atoms with Crippen molar-refractivity contribution in [3.05, 3.63) is 22.7 Å². The normalized spacial score (nSPS) is 30.4. The summed E-state index contributed by atoms with van der Waals surface area (Å²) in [5.74, 6) is 2.07. The van der Waals surface area contributed by atoms with Gasteiger partial charge in [-0.3, -0.25) is 0 Å². The smallest absolute Gasteiger partial charge is 0.162 e. The molecule has 1 aromatic rings. The van der Waals surface area contributed by atoms with Crippen LogP contribution in [0.2, 0.25) is 5.15 Å². The van der Waals surface area contributed by atoms with E-state index in [9.17, 15) is 0 Å². The van der Waals surface area contributed by atoms with E-state index in [1.807, 2.05) is 13.0 Å². The van der Waals surface area contributed by atoms with Crippen LogP contribution >= 0.6 is 11.6 Å². The first kappa shape index (κ1) is 14.3. The third-order valence-corrected chi connectivity index (χ3v) is 4.69. The number of halogens is 1. The fourth-order valence-corrected chi connectivity index (χ4v) is 3.60. The Hall–Kier alpha value is -0.670. The number of hydrogen-bond donors (Lipinski definition) is 0. The Morgan fingerprint density at radius 3 is 2.80 bits per heavy atom. The third kappa shape index (κ3) is 2.84. The molecule has 2 fully saturated rings. The van der Waals surface area contributed by atoms with E-state index in [1.54, 1.807) is 0 Å². The van der Waals surface area contributed by atoms with Crippen molar-refractivity contribution in [3.63, 3.8) is 0 Å². The van der Waals surface area contributed by atoms with Crippen molar-refractivity contribution in [3.8, 4) is 0 Å². The lowest BCUT2D eigenvalue weighted by Gasteiger charge is -2.38. The van der Waals surface area contributed by atoms with E-state index in [4.69, 9.17) is 21.3 Å². The fourth-order valence-electron chi connectivity index (χ4n) is 3.41. The van der Waals surface area contributed by atoms with E-state index in [1.165, 1.54) is 25.7 Å². The molecule has 3 rings (SSSR count). The summed E-state index contributed by atoms with van der Waals surface area (Å²) in [6, 6.07) is 1.93. The monoisotopic (exact) mass is 294 g/mol. The molecule has 0 bridgehead atoms. The molecule has 0 aliphatic heterocycles. The van der Waals surface area contributed by atoms with Gasteiger partial charge in [0.25, 0.3) is 0 Å². The number of aromatic nitrogens is 2. The molecule has 110 valence electrons. The molecule has 0 aromatic carbocycles. The van der Waals surface area contributed by atoms with Gasteiger partial charge in [-0.25, -0.2) is 9.97 Å². The summed E-state index contributed by atoms with van der Waals surface area (Å²) in [4.78, 5) is 9.35. The Labute approximate surface area is 126 Å². The van der Waals surface area contributed by atoms with Crippen LogP contribution in [0.4, 0.5) is 0 Å². The standard InChI is InChI=1S/C16H23ClN2O/c1-3-20-16(8-4-5-11(2)10-16)15-18-13(12-6-7-12)9-14(17)19-15/h9,11-12H,3-8,10H2,1-2H3. The molecule has 1 heterocycles. The average molecular weight is 295 g/mol. The van der Waals surface area contributed by atoms with Crippen LogP contribution in [-0.2, 0) is 10.3 Å². The number of rotatable bonds is 4. The molecule has 0 amide bonds. The van der Waals surface area contributed by atoms with Gasteiger partial charge in [-0.15, -0.1) is 0 Å². The van der Waals surface area contributed by atoms with E-state index in [2.05, 4.69) is 11.9 Å². The van der Waals surface area contributed by atoms with Gasteiger partial charge in [-0.2, -0.15) is 0 Å². The maximum Gasteiger partial charge on any atom is 0.162 e. The maximum absolute atomic E-state index is 6.23. The maximum atomic E-state index is 6.23. The first-order valence-electron chi connectivity index (χ1n) is 7.82. The van der Waals surface area contributed by atoms with Gasteiger partial charge >= 0.3 is 0 Å². The van der Waals surface area contributed by atoms with Crippen LogP contribution in [-0.4, -0.2) is 16.6 Å². The molecule has 2 atom stereocenters. The van der Waals surface area contributed by atoms with Crippen LogP contribution in [0.3, 0.4) is 0 Å². The summed E-state index contributed by atoms with van der Waals surface area (Å²) in [6.07, 6.45) is 6.91. The Balaban J connectivity index is 1.97. The molecule has 2 aliphatic rings. The van der Waals surface area contributed by atoms with E-state index < -0.39 is 0 Å². The molecule has 2 unspecified atom stereocenters. The molecule has 20 heavy (non-hydrogen) atoms. The highest BCUT2D eigenvalue weighted by molar-refractivity contribution is 6.29. The van der Waals surface area contributed by atoms with Crippen molar-refractivity contribution in [2.45, 2.75) is 63.9 Å². The van der Waals surface area contributed by atoms with E-state index in [0.29, 0.717) is 23.6 Å². The van der Waals surface area contributed by atoms with Crippen LogP contribution in [0.25, 0.3) is 0 Å². The Morgan fingerprint density at radius 2 is 2.15 bits per heavy atom. The minimum absolute atomic E-state index is 0.318. The third-order valence-electron chi connectivity index (χ3n) is 4.49. The first-order chi connectivity index (χ1) is 9.63. The SMILES string of the molecule is CCOC1(c2nc(Cl)cc(C3CC3)n2)CCCC(C)C1. The van der Waals surface area contributed by atoms with Crippen LogP contribution in [0.1, 0.15) is 69.8 Å². The van der Waals surface area contributed by atoms with Crippen LogP contribution in [0.15, 0.2) is 6.07 Å². The molecule has 0 radical (unpaired) electrons. The highest BCUT2D eigenvalue weighted by atomic mass is 35.5. The van der Waals surface area contributed by atoms with E-state index in [0.717, 1.165) is 24.4 Å². The number of ether oxygens (including phenoxy) is 1. The van der Waals surface area contributed by atoms with Crippen molar-refractivity contribution >= 4 is 11.6 Å². The molecule has 0 saturated heterocycles. The molecule has 0 spiro atoms. The van der Waals surface area contributed by atoms with E-state index in [-0.39, 0.29) is 5.60 Å². The van der Waals surface area contributed by atoms with E-state index >= 15 is 0 Å². The zero-order valence-electron chi connectivity index (χ0n) is 12.4. The van der Waals surface area contributed by atoms with Crippen LogP contribution in [0.5, 0.6) is 0 Å². The summed E-state index contributed by atoms with van der Waals surface area (Å²) < 4.78 is 6.15. The highest BCUT2D eigenvalue weighted by Crippen LogP contribution is 2.44. The lowest BCUT2D eigenvalue weighted by atomic mass is 9.78. The lowest BCUT2D eigenvalue weighted by Crippen LogP contribution is -2.37. The molecule has 0 N–H and O–H groups in total. The second-order valence-corrected chi connectivity index (χ2v) is 6.73. The van der Waals surface area contributed by atoms with Gasteiger partial charge in [-0.05, 0) is 51.0 Å². The van der Waals surface area contributed by atoms with Crippen molar-refractivity contribution in [2.24, 2.45) is 5.92 Å². The van der Waals surface area contributed by atoms with Crippen LogP contribution in [0, 0.1) is 5.92 Å². The van der Waals surface area contributed by atoms with Gasteiger partial charge in [0.1, 0.15) is 10.8 Å². The second kappa shape index (κ2) is 5.61. The number of hydrogen-bond acceptors (Lipinski definition) is 3. The predicted octanol–water partition coefficient (Wildman–Crippen LogP) is 4.45. The predicted molar refractivity (Wildman–Crippen MR) is 80.0 cm³/mol. The zero-order chi connectivity index (χ0) is 14.2. The van der Waals surface area contributed by atoms with Gasteiger partial charge in [0.2, 0.25) is 0 Å². The highest BCUT2D eigenvalue weighted by Gasteiger charge is 2.41. The quantitative estimate of drug-likeness (QED) is 0.770. The Morgan fingerprint density at radius 1 is 1.35 bits per heavy atom. The minimum atomic E-state index is -0.318. The summed E-state index contributed by atoms with van der Waals surface area (Å²) in [7, 11) is 0. The summed E-state index contributed by atoms with van der Waals surface area (Å²) in [6.45, 7) is 5.04. The lowest BCUT2D eigenvalue weighted by molar-refractivity contribution is -0.0882. The van der Waals surface area contributed by atoms with Crippen molar-refractivity contribution in [2.75, 3.05) is 6.61 Å². The molecular formula is C16H23ClN2O. The van der Waals surface area contributed by atoms with Gasteiger partial charge in [-0.1, -0.05) is 24.9 Å². The molecule has 3 nitrogen and oxygen atoms in total. The number of nitrogens with zero attached hydrogens (tertiary/aromatic N) is 2. The van der Waals surface area contributed by atoms with Gasteiger partial charge < -0.3 is 4.74 Å². The topological polar surface area (TPSA) is 35.0 Å². The summed E-state index contributed by atoms with van der Waals surface area (Å²) in [5, 5.41) is 0.564. The summed E-state index contributed by atoms with van der Waals surface area (Å²) in [5.41, 5.74) is 0.790. The molecule has 1 aromatic heterocycles. The zero-order valence-corrected chi connectivity index (χ0v) is 13.1. The van der Waals surface area contributed by atoms with Crippen LogP contribution < -0.4 is 0 Å². The fraction of sp³-hybridized carbons (Fsp3) is 0.750. The van der Waals surface area contributed by atoms with Gasteiger partial charge in [0.15, 0.2) is 5.82 Å². The second-order valence-electron chi connectivity index (χ2n) is 6.34. The Bertz CT molecular complexity index is 485. The molecule has 4 heteroatoms. The largest absolute Gasteiger partial charge is 0.367 e. The molecule has 2 saturated carbocycles.